The molecule has 1 amide bonds. The van der Waals surface area contributed by atoms with Gasteiger partial charge in [0.25, 0.3) is 0 Å². The molecule has 1 rings (SSSR count). The average molecular weight is 244 g/mol. The summed E-state index contributed by atoms with van der Waals surface area (Å²) in [4.78, 5) is 13.8. The van der Waals surface area contributed by atoms with Crippen LogP contribution in [0.3, 0.4) is 0 Å². The number of thiocarbonyl (C=S) groups is 1. The number of carbonyl (C=O) groups is 1. The zero-order valence-corrected chi connectivity index (χ0v) is 11.0. The summed E-state index contributed by atoms with van der Waals surface area (Å²) in [5, 5.41) is 0. The van der Waals surface area contributed by atoms with Crippen LogP contribution in [0.4, 0.5) is 4.79 Å². The molecule has 1 saturated carbocycles. The van der Waals surface area contributed by atoms with Crippen LogP contribution in [0, 0.1) is 5.92 Å². The minimum atomic E-state index is -0.477. The van der Waals surface area contributed by atoms with E-state index in [0.29, 0.717) is 24.0 Å². The van der Waals surface area contributed by atoms with Crippen molar-refractivity contribution in [1.29, 1.82) is 0 Å². The number of amides is 1. The smallest absolute Gasteiger partial charge is 0.410 e. The summed E-state index contributed by atoms with van der Waals surface area (Å²) in [5.74, 6) is 0.599. The van der Waals surface area contributed by atoms with Crippen molar-refractivity contribution in [2.75, 3.05) is 13.1 Å². The van der Waals surface area contributed by atoms with Crippen molar-refractivity contribution in [2.24, 2.45) is 11.7 Å². The largest absolute Gasteiger partial charge is 0.444 e. The lowest BCUT2D eigenvalue weighted by atomic mass is 10.2. The Bertz CT molecular complexity index is 282. The summed E-state index contributed by atoms with van der Waals surface area (Å²) in [5.41, 5.74) is 5.00. The predicted molar refractivity (Wildman–Crippen MR) is 67.3 cm³/mol. The molecule has 0 aliphatic heterocycles. The number of rotatable bonds is 4. The highest BCUT2D eigenvalue weighted by Gasteiger charge is 2.29. The minimum Gasteiger partial charge on any atom is -0.444 e. The fourth-order valence-corrected chi connectivity index (χ4v) is 1.49. The first-order valence-electron chi connectivity index (χ1n) is 5.54. The Balaban J connectivity index is 2.52. The summed E-state index contributed by atoms with van der Waals surface area (Å²) in [6.07, 6.45) is 2.03. The highest BCUT2D eigenvalue weighted by Crippen LogP contribution is 2.30. The van der Waals surface area contributed by atoms with Gasteiger partial charge >= 0.3 is 6.09 Å². The Morgan fingerprint density at radius 2 is 2.06 bits per heavy atom. The molecule has 0 aromatic carbocycles. The van der Waals surface area contributed by atoms with Crippen molar-refractivity contribution in [3.63, 3.8) is 0 Å². The van der Waals surface area contributed by atoms with Crippen molar-refractivity contribution in [3.8, 4) is 0 Å². The number of hydrogen-bond acceptors (Lipinski definition) is 3. The van der Waals surface area contributed by atoms with Crippen LogP contribution in [-0.2, 0) is 4.74 Å². The van der Waals surface area contributed by atoms with E-state index in [-0.39, 0.29) is 6.09 Å². The lowest BCUT2D eigenvalue weighted by Crippen LogP contribution is -2.42. The first kappa shape index (κ1) is 13.2. The zero-order chi connectivity index (χ0) is 12.3. The normalized spacial score (nSPS) is 15.7. The van der Waals surface area contributed by atoms with Crippen LogP contribution in [0.5, 0.6) is 0 Å². The SMILES string of the molecule is CC(C)(C)OC(=O)N(CC(N)=S)CC1CC1. The summed E-state index contributed by atoms with van der Waals surface area (Å²) in [6.45, 7) is 6.55. The van der Waals surface area contributed by atoms with Gasteiger partial charge in [-0.05, 0) is 39.5 Å². The highest BCUT2D eigenvalue weighted by atomic mass is 32.1. The highest BCUT2D eigenvalue weighted by molar-refractivity contribution is 7.80. The van der Waals surface area contributed by atoms with Crippen LogP contribution in [0.15, 0.2) is 0 Å². The third-order valence-electron chi connectivity index (χ3n) is 2.17. The average Bonchev–Trinajstić information content (AvgIpc) is 2.82. The maximum atomic E-state index is 11.8. The second-order valence-electron chi connectivity index (χ2n) is 5.27. The van der Waals surface area contributed by atoms with Crippen LogP contribution in [-0.4, -0.2) is 34.7 Å². The molecule has 2 N–H and O–H groups in total. The van der Waals surface area contributed by atoms with E-state index in [4.69, 9.17) is 22.7 Å². The third kappa shape index (κ3) is 5.30. The van der Waals surface area contributed by atoms with E-state index >= 15 is 0 Å². The van der Waals surface area contributed by atoms with Crippen molar-refractivity contribution < 1.29 is 9.53 Å². The molecule has 0 aromatic heterocycles. The molecule has 0 radical (unpaired) electrons. The van der Waals surface area contributed by atoms with Crippen LogP contribution in [0.1, 0.15) is 33.6 Å². The summed E-state index contributed by atoms with van der Waals surface area (Å²) in [7, 11) is 0. The first-order valence-corrected chi connectivity index (χ1v) is 5.95. The van der Waals surface area contributed by atoms with Gasteiger partial charge in [0, 0.05) is 6.54 Å². The Morgan fingerprint density at radius 3 is 2.44 bits per heavy atom. The number of nitrogens with two attached hydrogens (primary N) is 1. The van der Waals surface area contributed by atoms with E-state index in [2.05, 4.69) is 0 Å². The summed E-state index contributed by atoms with van der Waals surface area (Å²) >= 11 is 4.83. The Morgan fingerprint density at radius 1 is 1.50 bits per heavy atom. The monoisotopic (exact) mass is 244 g/mol. The fraction of sp³-hybridized carbons (Fsp3) is 0.818. The van der Waals surface area contributed by atoms with Crippen LogP contribution in [0.2, 0.25) is 0 Å². The topological polar surface area (TPSA) is 55.6 Å². The molecule has 5 heteroatoms. The van der Waals surface area contributed by atoms with Gasteiger partial charge in [0.2, 0.25) is 0 Å². The maximum Gasteiger partial charge on any atom is 0.410 e. The van der Waals surface area contributed by atoms with E-state index in [0.717, 1.165) is 0 Å². The number of hydrogen-bond donors (Lipinski definition) is 1. The lowest BCUT2D eigenvalue weighted by Gasteiger charge is -2.27. The van der Waals surface area contributed by atoms with Gasteiger partial charge in [-0.3, -0.25) is 0 Å². The van der Waals surface area contributed by atoms with Gasteiger partial charge in [0.15, 0.2) is 0 Å². The molecule has 92 valence electrons. The van der Waals surface area contributed by atoms with Gasteiger partial charge in [-0.1, -0.05) is 12.2 Å². The fourth-order valence-electron chi connectivity index (χ4n) is 1.33. The molecule has 0 atom stereocenters. The van der Waals surface area contributed by atoms with Gasteiger partial charge in [0.05, 0.1) is 11.5 Å². The van der Waals surface area contributed by atoms with E-state index in [1.54, 1.807) is 4.90 Å². The van der Waals surface area contributed by atoms with Gasteiger partial charge in [-0.25, -0.2) is 4.79 Å². The lowest BCUT2D eigenvalue weighted by molar-refractivity contribution is 0.0271. The summed E-state index contributed by atoms with van der Waals surface area (Å²) in [6, 6.07) is 0. The van der Waals surface area contributed by atoms with Crippen LogP contribution < -0.4 is 5.73 Å². The Labute approximate surface area is 102 Å². The van der Waals surface area contributed by atoms with Gasteiger partial charge in [-0.15, -0.1) is 0 Å². The van der Waals surface area contributed by atoms with E-state index in [1.165, 1.54) is 12.8 Å². The molecular weight excluding hydrogens is 224 g/mol. The Kier molecular flexibility index (Phi) is 4.13. The van der Waals surface area contributed by atoms with Crippen LogP contribution in [0.25, 0.3) is 0 Å². The van der Waals surface area contributed by atoms with E-state index in [9.17, 15) is 4.79 Å². The number of nitrogens with zero attached hydrogens (tertiary/aromatic N) is 1. The van der Waals surface area contributed by atoms with Crippen LogP contribution >= 0.6 is 12.2 Å². The van der Waals surface area contributed by atoms with Gasteiger partial charge in [0.1, 0.15) is 5.60 Å². The third-order valence-corrected chi connectivity index (χ3v) is 2.30. The number of ether oxygens (including phenoxy) is 1. The molecule has 0 saturated heterocycles. The van der Waals surface area contributed by atoms with Gasteiger partial charge in [-0.2, -0.15) is 0 Å². The standard InChI is InChI=1S/C11H20N2O2S/c1-11(2,3)15-10(14)13(7-9(12)16)6-8-4-5-8/h8H,4-7H2,1-3H3,(H2,12,16). The molecule has 0 aromatic rings. The molecule has 0 bridgehead atoms. The second kappa shape index (κ2) is 4.99. The molecular formula is C11H20N2O2S. The molecule has 16 heavy (non-hydrogen) atoms. The predicted octanol–water partition coefficient (Wildman–Crippen LogP) is 1.92. The van der Waals surface area contributed by atoms with Crippen molar-refractivity contribution in [2.45, 2.75) is 39.2 Å². The quantitative estimate of drug-likeness (QED) is 0.768. The molecule has 4 nitrogen and oxygen atoms in total. The Hall–Kier alpha value is -0.840. The molecule has 0 spiro atoms. The summed E-state index contributed by atoms with van der Waals surface area (Å²) < 4.78 is 5.30. The maximum absolute atomic E-state index is 11.8. The van der Waals surface area contributed by atoms with E-state index in [1.807, 2.05) is 20.8 Å². The molecule has 1 aliphatic rings. The first-order chi connectivity index (χ1) is 7.28. The molecule has 1 fully saturated rings. The molecule has 0 heterocycles. The zero-order valence-electron chi connectivity index (χ0n) is 10.2. The van der Waals surface area contributed by atoms with Gasteiger partial charge < -0.3 is 15.4 Å². The number of carbonyl (C=O) groups excluding carboxylic acids is 1. The van der Waals surface area contributed by atoms with E-state index < -0.39 is 5.60 Å². The molecule has 0 unspecified atom stereocenters. The van der Waals surface area contributed by atoms with Crippen molar-refractivity contribution in [1.82, 2.24) is 4.90 Å². The molecule has 1 aliphatic carbocycles. The second-order valence-corrected chi connectivity index (χ2v) is 5.79. The minimum absolute atomic E-state index is 0.306. The van der Waals surface area contributed by atoms with Crippen molar-refractivity contribution >= 4 is 23.3 Å². The van der Waals surface area contributed by atoms with Crippen molar-refractivity contribution in [3.05, 3.63) is 0 Å².